The fourth-order valence-corrected chi connectivity index (χ4v) is 4.45. The van der Waals surface area contributed by atoms with Crippen molar-refractivity contribution in [1.29, 1.82) is 5.41 Å². The third-order valence-electron chi connectivity index (χ3n) is 4.78. The smallest absolute Gasteiger partial charge is 0.144 e. The van der Waals surface area contributed by atoms with Crippen LogP contribution in [0.25, 0.3) is 10.2 Å². The largest absolute Gasteiger partial charge is 0.494 e. The van der Waals surface area contributed by atoms with Gasteiger partial charge in [-0.25, -0.2) is 9.97 Å². The van der Waals surface area contributed by atoms with Gasteiger partial charge in [-0.3, -0.25) is 0 Å². The van der Waals surface area contributed by atoms with E-state index >= 15 is 0 Å². The summed E-state index contributed by atoms with van der Waals surface area (Å²) in [5.74, 6) is 1.23. The van der Waals surface area contributed by atoms with E-state index in [9.17, 15) is 4.79 Å². The summed E-state index contributed by atoms with van der Waals surface area (Å²) in [5.41, 5.74) is 8.84. The maximum Gasteiger partial charge on any atom is 0.144 e. The number of carbonyl (C=O) groups is 1. The van der Waals surface area contributed by atoms with Crippen LogP contribution in [0.1, 0.15) is 42.2 Å². The fraction of sp³-hybridized carbons (Fsp3) is 0.333. The molecular weight excluding hydrogens is 386 g/mol. The Kier molecular flexibility index (Phi) is 6.77. The number of benzene rings is 1. The summed E-state index contributed by atoms with van der Waals surface area (Å²) in [7, 11) is 1.57. The monoisotopic (exact) mass is 411 g/mol. The molecule has 0 aliphatic carbocycles. The Labute approximate surface area is 173 Å². The molecule has 0 spiro atoms. The number of aldehydes is 1. The molecule has 2 aromatic heterocycles. The minimum Gasteiger partial charge on any atom is -0.494 e. The molecule has 0 bridgehead atoms. The lowest BCUT2D eigenvalue weighted by Crippen LogP contribution is -2.02. The number of nitrogens with two attached hydrogens (primary N) is 1. The molecule has 1 aromatic carbocycles. The van der Waals surface area contributed by atoms with Crippen molar-refractivity contribution < 1.29 is 9.53 Å². The zero-order chi connectivity index (χ0) is 20.8. The Balaban J connectivity index is 2.10. The topological polar surface area (TPSA) is 114 Å². The van der Waals surface area contributed by atoms with Crippen molar-refractivity contribution in [3.8, 4) is 5.75 Å². The van der Waals surface area contributed by atoms with Gasteiger partial charge in [-0.2, -0.15) is 0 Å². The second-order valence-corrected chi connectivity index (χ2v) is 7.77. The molecule has 0 saturated heterocycles. The first-order valence-electron chi connectivity index (χ1n) is 9.56. The second kappa shape index (κ2) is 9.47. The number of methoxy groups -OCH3 is 1. The highest BCUT2D eigenvalue weighted by Gasteiger charge is 2.18. The Morgan fingerprint density at radius 3 is 2.83 bits per heavy atom. The molecule has 0 fully saturated rings. The number of thiophene rings is 1. The number of aromatic nitrogens is 2. The van der Waals surface area contributed by atoms with Gasteiger partial charge in [0.05, 0.1) is 18.2 Å². The Bertz CT molecular complexity index is 1030. The maximum atomic E-state index is 11.2. The summed E-state index contributed by atoms with van der Waals surface area (Å²) in [5, 5.41) is 11.9. The molecule has 0 saturated carbocycles. The molecule has 2 heterocycles. The van der Waals surface area contributed by atoms with Gasteiger partial charge in [-0.15, -0.1) is 11.3 Å². The van der Waals surface area contributed by atoms with Crippen molar-refractivity contribution in [3.63, 3.8) is 0 Å². The number of carbonyl (C=O) groups excluding carboxylic acids is 1. The van der Waals surface area contributed by atoms with Crippen LogP contribution < -0.4 is 15.8 Å². The van der Waals surface area contributed by atoms with E-state index in [0.29, 0.717) is 34.9 Å². The van der Waals surface area contributed by atoms with Crippen LogP contribution in [0, 0.1) is 5.41 Å². The molecule has 3 rings (SSSR count). The second-order valence-electron chi connectivity index (χ2n) is 6.68. The Morgan fingerprint density at radius 2 is 2.14 bits per heavy atom. The van der Waals surface area contributed by atoms with Gasteiger partial charge in [-0.05, 0) is 24.5 Å². The van der Waals surface area contributed by atoms with Crippen molar-refractivity contribution in [2.24, 2.45) is 0 Å². The van der Waals surface area contributed by atoms with Crippen LogP contribution in [0.4, 0.5) is 17.2 Å². The van der Waals surface area contributed by atoms with Gasteiger partial charge in [0.25, 0.3) is 0 Å². The van der Waals surface area contributed by atoms with Crippen LogP contribution in [0.15, 0.2) is 18.5 Å². The molecule has 29 heavy (non-hydrogen) atoms. The van der Waals surface area contributed by atoms with Crippen molar-refractivity contribution in [2.45, 2.75) is 39.0 Å². The molecule has 0 unspecified atom stereocenters. The first kappa shape index (κ1) is 20.7. The average molecular weight is 412 g/mol. The van der Waals surface area contributed by atoms with E-state index in [1.54, 1.807) is 30.6 Å². The van der Waals surface area contributed by atoms with Crippen molar-refractivity contribution >= 4 is 51.2 Å². The number of rotatable bonds is 10. The van der Waals surface area contributed by atoms with E-state index < -0.39 is 0 Å². The lowest BCUT2D eigenvalue weighted by Gasteiger charge is -2.14. The zero-order valence-corrected chi connectivity index (χ0v) is 17.4. The van der Waals surface area contributed by atoms with Gasteiger partial charge in [-0.1, -0.05) is 19.8 Å². The van der Waals surface area contributed by atoms with Gasteiger partial charge in [0, 0.05) is 34.8 Å². The number of ether oxygens (including phenoxy) is 1. The minimum absolute atomic E-state index is 0.380. The molecule has 4 N–H and O–H groups in total. The van der Waals surface area contributed by atoms with Gasteiger partial charge in [0.2, 0.25) is 0 Å². The number of fused-ring (bicyclic) bond motifs is 1. The average Bonchev–Trinajstić information content (AvgIpc) is 3.07. The van der Waals surface area contributed by atoms with Gasteiger partial charge >= 0.3 is 0 Å². The molecule has 0 aliphatic heterocycles. The quantitative estimate of drug-likeness (QED) is 0.196. The Morgan fingerprint density at radius 1 is 1.31 bits per heavy atom. The van der Waals surface area contributed by atoms with Crippen LogP contribution in [-0.4, -0.2) is 29.6 Å². The van der Waals surface area contributed by atoms with Crippen LogP contribution >= 0.6 is 11.3 Å². The standard InChI is InChI=1S/C21H25N5O2S/c1-3-4-5-6-14-18(7-8-27)29-21-19(14)20(24-12-25-21)26-16-9-13(11-22)15(23)10-17(16)28-2/h8-12,22H,3-7,23H2,1-2H3,(H,24,25,26). The summed E-state index contributed by atoms with van der Waals surface area (Å²) in [6, 6.07) is 3.46. The predicted molar refractivity (Wildman–Crippen MR) is 119 cm³/mol. The molecule has 7 nitrogen and oxygen atoms in total. The summed E-state index contributed by atoms with van der Waals surface area (Å²) >= 11 is 1.54. The van der Waals surface area contributed by atoms with E-state index in [-0.39, 0.29) is 0 Å². The van der Waals surface area contributed by atoms with Crippen LogP contribution in [0.3, 0.4) is 0 Å². The number of nitrogens with zero attached hydrogens (tertiary/aromatic N) is 2. The molecule has 8 heteroatoms. The normalized spacial score (nSPS) is 10.8. The van der Waals surface area contributed by atoms with Crippen molar-refractivity contribution in [1.82, 2.24) is 9.97 Å². The van der Waals surface area contributed by atoms with Crippen molar-refractivity contribution in [2.75, 3.05) is 18.2 Å². The molecule has 0 radical (unpaired) electrons. The van der Waals surface area contributed by atoms with E-state index in [4.69, 9.17) is 15.9 Å². The van der Waals surface area contributed by atoms with E-state index in [0.717, 1.165) is 52.6 Å². The summed E-state index contributed by atoms with van der Waals surface area (Å²) in [6.45, 7) is 2.17. The molecule has 0 amide bonds. The molecule has 0 atom stereocenters. The summed E-state index contributed by atoms with van der Waals surface area (Å²) < 4.78 is 5.46. The Hall–Kier alpha value is -3.00. The third kappa shape index (κ3) is 4.37. The lowest BCUT2D eigenvalue weighted by atomic mass is 10.0. The highest BCUT2D eigenvalue weighted by molar-refractivity contribution is 7.19. The first-order chi connectivity index (χ1) is 14.1. The highest BCUT2D eigenvalue weighted by atomic mass is 32.1. The van der Waals surface area contributed by atoms with Gasteiger partial charge in [0.1, 0.15) is 29.0 Å². The number of hydrogen-bond donors (Lipinski definition) is 3. The molecule has 152 valence electrons. The van der Waals surface area contributed by atoms with E-state index in [2.05, 4.69) is 22.2 Å². The first-order valence-corrected chi connectivity index (χ1v) is 10.4. The number of anilines is 3. The lowest BCUT2D eigenvalue weighted by molar-refractivity contribution is -0.107. The van der Waals surface area contributed by atoms with Crippen LogP contribution in [0.2, 0.25) is 0 Å². The number of nitrogens with one attached hydrogen (secondary N) is 2. The number of nitrogen functional groups attached to an aromatic ring is 1. The molecular formula is C21H25N5O2S. The van der Waals surface area contributed by atoms with E-state index in [1.807, 2.05) is 0 Å². The minimum atomic E-state index is 0.380. The third-order valence-corrected chi connectivity index (χ3v) is 5.95. The number of hydrogen-bond acceptors (Lipinski definition) is 8. The highest BCUT2D eigenvalue weighted by Crippen LogP contribution is 2.38. The fourth-order valence-electron chi connectivity index (χ4n) is 3.32. The zero-order valence-electron chi connectivity index (χ0n) is 16.6. The van der Waals surface area contributed by atoms with Crippen LogP contribution in [-0.2, 0) is 17.6 Å². The molecule has 0 aliphatic rings. The van der Waals surface area contributed by atoms with E-state index in [1.165, 1.54) is 12.5 Å². The summed E-state index contributed by atoms with van der Waals surface area (Å²) in [6.07, 6.45) is 8.22. The van der Waals surface area contributed by atoms with Gasteiger partial charge < -0.3 is 26.0 Å². The number of aryl methyl sites for hydroxylation is 1. The predicted octanol–water partition coefficient (Wildman–Crippen LogP) is 4.50. The SMILES string of the molecule is CCCCCc1c(CC=O)sc2ncnc(Nc3cc(C=N)c(N)cc3OC)c12. The van der Waals surface area contributed by atoms with Gasteiger partial charge in [0.15, 0.2) is 0 Å². The summed E-state index contributed by atoms with van der Waals surface area (Å²) in [4.78, 5) is 22.0. The van der Waals surface area contributed by atoms with Crippen LogP contribution in [0.5, 0.6) is 5.75 Å². The van der Waals surface area contributed by atoms with Crippen molar-refractivity contribution in [3.05, 3.63) is 34.5 Å². The maximum absolute atomic E-state index is 11.2. The number of unbranched alkanes of at least 4 members (excludes halogenated alkanes) is 2. The molecule has 3 aromatic rings.